The number of amides is 2. The second kappa shape index (κ2) is 9.76. The molecule has 2 amide bonds. The fourth-order valence-electron chi connectivity index (χ4n) is 4.20. The molecule has 0 aliphatic carbocycles. The summed E-state index contributed by atoms with van der Waals surface area (Å²) in [5.41, 5.74) is 2.84. The highest BCUT2D eigenvalue weighted by Gasteiger charge is 2.42. The summed E-state index contributed by atoms with van der Waals surface area (Å²) in [5.74, 6) is -1.01. The molecule has 164 valence electrons. The van der Waals surface area contributed by atoms with E-state index in [0.29, 0.717) is 31.9 Å². The number of hydrogen-bond donors (Lipinski definition) is 3. The molecule has 3 atom stereocenters. The van der Waals surface area contributed by atoms with Crippen LogP contribution in [0.25, 0.3) is 0 Å². The van der Waals surface area contributed by atoms with E-state index in [9.17, 15) is 14.8 Å². The van der Waals surface area contributed by atoms with Gasteiger partial charge in [-0.3, -0.25) is 14.8 Å². The molecular formula is C22H27N5O4. The lowest BCUT2D eigenvalue weighted by Gasteiger charge is -2.41. The van der Waals surface area contributed by atoms with Crippen molar-refractivity contribution in [1.82, 2.24) is 20.7 Å². The Morgan fingerprint density at radius 1 is 1.06 bits per heavy atom. The lowest BCUT2D eigenvalue weighted by Crippen LogP contribution is -2.62. The third-order valence-electron chi connectivity index (χ3n) is 5.84. The van der Waals surface area contributed by atoms with Gasteiger partial charge in [0.2, 0.25) is 17.7 Å². The largest absolute Gasteiger partial charge is 0.473 e. The summed E-state index contributed by atoms with van der Waals surface area (Å²) in [7, 11) is 0. The maximum atomic E-state index is 13.2. The molecule has 2 aliphatic heterocycles. The predicted octanol–water partition coefficient (Wildman–Crippen LogP) is 0.661. The molecule has 0 saturated carbocycles. The average Bonchev–Trinajstić information content (AvgIpc) is 2.84. The van der Waals surface area contributed by atoms with E-state index < -0.39 is 17.9 Å². The number of carbonyl (C=O) groups excluding carboxylic acids is 2. The molecule has 0 spiro atoms. The highest BCUT2D eigenvalue weighted by molar-refractivity contribution is 5.90. The maximum Gasteiger partial charge on any atom is 0.248 e. The number of ether oxygens (including phenoxy) is 1. The normalized spacial score (nSPS) is 23.8. The van der Waals surface area contributed by atoms with Crippen LogP contribution in [0.1, 0.15) is 6.42 Å². The molecular weight excluding hydrogens is 398 g/mol. The molecule has 0 radical (unpaired) electrons. The van der Waals surface area contributed by atoms with Gasteiger partial charge < -0.3 is 19.9 Å². The third kappa shape index (κ3) is 4.95. The van der Waals surface area contributed by atoms with Crippen LogP contribution >= 0.6 is 0 Å². The minimum absolute atomic E-state index is 0.127. The smallest absolute Gasteiger partial charge is 0.248 e. The number of pyridine rings is 1. The van der Waals surface area contributed by atoms with Crippen LogP contribution in [0, 0.1) is 5.92 Å². The van der Waals surface area contributed by atoms with Crippen LogP contribution in [-0.4, -0.2) is 71.8 Å². The van der Waals surface area contributed by atoms with Crippen molar-refractivity contribution in [2.24, 2.45) is 5.92 Å². The molecule has 1 aromatic carbocycles. The SMILES string of the molecule is O=C(NO)C1CC(Oc2ccccn2)CNC1C(=O)N1CCN(c2ccccc2)CC1. The standard InChI is InChI=1S/C22H27N5O4/c28-21(25-30)18-14-17(31-19-8-4-5-9-23-19)15-24-20(18)22(29)27-12-10-26(11-13-27)16-6-2-1-3-7-16/h1-9,17-18,20,24,30H,10-15H2,(H,25,28). The lowest BCUT2D eigenvalue weighted by atomic mass is 9.87. The quantitative estimate of drug-likeness (QED) is 0.477. The minimum Gasteiger partial charge on any atom is -0.473 e. The zero-order valence-electron chi connectivity index (χ0n) is 17.2. The first-order valence-corrected chi connectivity index (χ1v) is 10.5. The number of benzene rings is 1. The van der Waals surface area contributed by atoms with Gasteiger partial charge in [-0.2, -0.15) is 0 Å². The summed E-state index contributed by atoms with van der Waals surface area (Å²) in [6.07, 6.45) is 1.59. The van der Waals surface area contributed by atoms with Crippen LogP contribution in [0.3, 0.4) is 0 Å². The number of hydrogen-bond acceptors (Lipinski definition) is 7. The fraction of sp³-hybridized carbons (Fsp3) is 0.409. The summed E-state index contributed by atoms with van der Waals surface area (Å²) in [6, 6.07) is 14.7. The number of piperidine rings is 1. The predicted molar refractivity (Wildman–Crippen MR) is 114 cm³/mol. The van der Waals surface area contributed by atoms with Gasteiger partial charge in [0.1, 0.15) is 6.10 Å². The molecule has 9 heteroatoms. The number of piperazine rings is 1. The van der Waals surface area contributed by atoms with Gasteiger partial charge in [0.25, 0.3) is 0 Å². The van der Waals surface area contributed by atoms with Crippen LogP contribution in [0.4, 0.5) is 5.69 Å². The Balaban J connectivity index is 1.38. The van der Waals surface area contributed by atoms with E-state index in [0.717, 1.165) is 18.8 Å². The monoisotopic (exact) mass is 425 g/mol. The second-order valence-electron chi connectivity index (χ2n) is 7.76. The highest BCUT2D eigenvalue weighted by atomic mass is 16.5. The van der Waals surface area contributed by atoms with E-state index in [1.54, 1.807) is 28.7 Å². The summed E-state index contributed by atoms with van der Waals surface area (Å²) in [4.78, 5) is 33.7. The molecule has 2 aromatic rings. The molecule has 2 aliphatic rings. The van der Waals surface area contributed by atoms with E-state index in [1.807, 2.05) is 24.3 Å². The van der Waals surface area contributed by atoms with Crippen molar-refractivity contribution in [3.8, 4) is 5.88 Å². The molecule has 9 nitrogen and oxygen atoms in total. The molecule has 4 rings (SSSR count). The van der Waals surface area contributed by atoms with E-state index in [1.165, 1.54) is 0 Å². The van der Waals surface area contributed by atoms with Gasteiger partial charge in [0.05, 0.1) is 12.0 Å². The van der Waals surface area contributed by atoms with Gasteiger partial charge in [-0.25, -0.2) is 10.5 Å². The van der Waals surface area contributed by atoms with E-state index in [4.69, 9.17) is 4.74 Å². The number of carbonyl (C=O) groups is 2. The maximum absolute atomic E-state index is 13.2. The van der Waals surface area contributed by atoms with Gasteiger partial charge in [-0.05, 0) is 24.6 Å². The van der Waals surface area contributed by atoms with Crippen molar-refractivity contribution >= 4 is 17.5 Å². The van der Waals surface area contributed by atoms with Crippen LogP contribution in [0.15, 0.2) is 54.7 Å². The van der Waals surface area contributed by atoms with Crippen LogP contribution in [-0.2, 0) is 9.59 Å². The van der Waals surface area contributed by atoms with Gasteiger partial charge in [-0.15, -0.1) is 0 Å². The Labute approximate surface area is 181 Å². The van der Waals surface area contributed by atoms with Crippen molar-refractivity contribution in [3.05, 3.63) is 54.7 Å². The first kappa shape index (κ1) is 21.1. The van der Waals surface area contributed by atoms with Gasteiger partial charge >= 0.3 is 0 Å². The molecule has 2 fully saturated rings. The number of aromatic nitrogens is 1. The Bertz CT molecular complexity index is 874. The fourth-order valence-corrected chi connectivity index (χ4v) is 4.20. The summed E-state index contributed by atoms with van der Waals surface area (Å²) in [6.45, 7) is 3.02. The molecule has 2 saturated heterocycles. The topological polar surface area (TPSA) is 107 Å². The number of anilines is 1. The van der Waals surface area contributed by atoms with Crippen molar-refractivity contribution in [2.45, 2.75) is 18.6 Å². The number of rotatable bonds is 5. The number of hydroxylamine groups is 1. The van der Waals surface area contributed by atoms with Gasteiger partial charge in [0.15, 0.2) is 0 Å². The van der Waals surface area contributed by atoms with Crippen molar-refractivity contribution in [2.75, 3.05) is 37.6 Å². The number of nitrogens with one attached hydrogen (secondary N) is 2. The molecule has 3 unspecified atom stereocenters. The van der Waals surface area contributed by atoms with Crippen LogP contribution < -0.4 is 20.4 Å². The Kier molecular flexibility index (Phi) is 6.63. The number of para-hydroxylation sites is 1. The summed E-state index contributed by atoms with van der Waals surface area (Å²) < 4.78 is 5.85. The van der Waals surface area contributed by atoms with E-state index in [-0.39, 0.29) is 12.0 Å². The Hall–Kier alpha value is -3.17. The van der Waals surface area contributed by atoms with Crippen molar-refractivity contribution < 1.29 is 19.5 Å². The van der Waals surface area contributed by atoms with Gasteiger partial charge in [0, 0.05) is 50.7 Å². The average molecular weight is 425 g/mol. The zero-order chi connectivity index (χ0) is 21.6. The molecule has 31 heavy (non-hydrogen) atoms. The first-order chi connectivity index (χ1) is 15.2. The van der Waals surface area contributed by atoms with E-state index >= 15 is 0 Å². The number of nitrogens with zero attached hydrogens (tertiary/aromatic N) is 3. The molecule has 0 bridgehead atoms. The lowest BCUT2D eigenvalue weighted by molar-refractivity contribution is -0.145. The first-order valence-electron chi connectivity index (χ1n) is 10.5. The summed E-state index contributed by atoms with van der Waals surface area (Å²) >= 11 is 0. The molecule has 1 aromatic heterocycles. The van der Waals surface area contributed by atoms with E-state index in [2.05, 4.69) is 27.3 Å². The minimum atomic E-state index is -0.743. The van der Waals surface area contributed by atoms with Crippen LogP contribution in [0.5, 0.6) is 5.88 Å². The molecule has 3 heterocycles. The van der Waals surface area contributed by atoms with Gasteiger partial charge in [-0.1, -0.05) is 24.3 Å². The van der Waals surface area contributed by atoms with Crippen molar-refractivity contribution in [1.29, 1.82) is 0 Å². The third-order valence-corrected chi connectivity index (χ3v) is 5.84. The molecule has 3 N–H and O–H groups in total. The Morgan fingerprint density at radius 2 is 1.81 bits per heavy atom. The summed E-state index contributed by atoms with van der Waals surface area (Å²) in [5, 5.41) is 12.4. The second-order valence-corrected chi connectivity index (χ2v) is 7.76. The Morgan fingerprint density at radius 3 is 2.48 bits per heavy atom. The van der Waals surface area contributed by atoms with Crippen molar-refractivity contribution in [3.63, 3.8) is 0 Å². The highest BCUT2D eigenvalue weighted by Crippen LogP contribution is 2.23. The zero-order valence-corrected chi connectivity index (χ0v) is 17.2. The van der Waals surface area contributed by atoms with Crippen LogP contribution in [0.2, 0.25) is 0 Å².